The van der Waals surface area contributed by atoms with Crippen LogP contribution >= 0.6 is 0 Å². The third-order valence-corrected chi connectivity index (χ3v) is 5.00. The molecule has 0 atom stereocenters. The first-order chi connectivity index (χ1) is 14.1. The van der Waals surface area contributed by atoms with Crippen LogP contribution in [0.2, 0.25) is 0 Å². The molecule has 1 fully saturated rings. The summed E-state index contributed by atoms with van der Waals surface area (Å²) in [6.45, 7) is -0.0195. The van der Waals surface area contributed by atoms with Crippen molar-refractivity contribution in [1.29, 1.82) is 0 Å². The third kappa shape index (κ3) is 5.00. The molecule has 0 radical (unpaired) electrons. The first-order valence-electron chi connectivity index (χ1n) is 9.29. The van der Waals surface area contributed by atoms with E-state index >= 15 is 0 Å². The predicted octanol–water partition coefficient (Wildman–Crippen LogP) is 2.45. The van der Waals surface area contributed by atoms with Crippen LogP contribution in [-0.4, -0.2) is 39.5 Å². The number of carbonyl (C=O) groups excluding carboxylic acids is 2. The summed E-state index contributed by atoms with van der Waals surface area (Å²) >= 11 is 0. The Labute approximate surface area is 169 Å². The molecule has 0 unspecified atom stereocenters. The molecule has 30 heavy (non-hydrogen) atoms. The molecule has 1 aromatic carbocycles. The number of phenols is 1. The Kier molecular flexibility index (Phi) is 6.14. The molecule has 1 aliphatic heterocycles. The van der Waals surface area contributed by atoms with Gasteiger partial charge < -0.3 is 19.9 Å². The van der Waals surface area contributed by atoms with Crippen LogP contribution in [0.1, 0.15) is 18.4 Å². The number of amides is 2. The monoisotopic (exact) mass is 423 g/mol. The van der Waals surface area contributed by atoms with Gasteiger partial charge in [0.05, 0.1) is 11.3 Å². The molecular formula is C20H20F3N3O4. The van der Waals surface area contributed by atoms with Crippen molar-refractivity contribution in [2.24, 2.45) is 5.92 Å². The molecule has 0 aliphatic carbocycles. The highest BCUT2D eigenvalue weighted by Gasteiger charge is 2.32. The summed E-state index contributed by atoms with van der Waals surface area (Å²) < 4.78 is 39.2. The lowest BCUT2D eigenvalue weighted by molar-refractivity contribution is -0.139. The highest BCUT2D eigenvalue weighted by molar-refractivity contribution is 5.94. The molecule has 7 nitrogen and oxygen atoms in total. The van der Waals surface area contributed by atoms with E-state index in [1.807, 2.05) is 0 Å². The van der Waals surface area contributed by atoms with E-state index < -0.39 is 29.8 Å². The number of anilines is 1. The number of aromatic hydroxyl groups is 1. The van der Waals surface area contributed by atoms with Crippen molar-refractivity contribution in [3.63, 3.8) is 0 Å². The zero-order valence-corrected chi connectivity index (χ0v) is 15.9. The summed E-state index contributed by atoms with van der Waals surface area (Å²) in [6, 6.07) is 7.78. The van der Waals surface area contributed by atoms with Crippen LogP contribution in [0.4, 0.5) is 18.9 Å². The average Bonchev–Trinajstić information content (AvgIpc) is 2.70. The number of phenolic OH excluding ortho intramolecular Hbond substituents is 1. The molecular weight excluding hydrogens is 403 g/mol. The van der Waals surface area contributed by atoms with E-state index in [0.717, 1.165) is 10.6 Å². The van der Waals surface area contributed by atoms with Gasteiger partial charge in [0.15, 0.2) is 0 Å². The van der Waals surface area contributed by atoms with Crippen molar-refractivity contribution < 1.29 is 27.9 Å². The molecule has 0 bridgehead atoms. The summed E-state index contributed by atoms with van der Waals surface area (Å²) in [6.07, 6.45) is -3.25. The van der Waals surface area contributed by atoms with Crippen molar-refractivity contribution in [2.75, 3.05) is 18.4 Å². The number of carbonyl (C=O) groups is 2. The first kappa shape index (κ1) is 21.4. The Morgan fingerprint density at radius 2 is 1.77 bits per heavy atom. The SMILES string of the molecule is O=C(Nc1ccccc1O)C1CCN(C(=O)Cn2cc(C(F)(F)F)ccc2=O)CC1. The standard InChI is InChI=1S/C20H20F3N3O4/c21-20(22,23)14-5-6-17(28)26(11-14)12-18(29)25-9-7-13(8-10-25)19(30)24-15-3-1-2-4-16(15)27/h1-6,11,13,27H,7-10,12H2,(H,24,30). The van der Waals surface area contributed by atoms with Gasteiger partial charge in [0.25, 0.3) is 5.56 Å². The van der Waals surface area contributed by atoms with E-state index in [1.54, 1.807) is 18.2 Å². The van der Waals surface area contributed by atoms with E-state index in [1.165, 1.54) is 11.0 Å². The van der Waals surface area contributed by atoms with Gasteiger partial charge in [0.1, 0.15) is 12.3 Å². The number of para-hydroxylation sites is 2. The summed E-state index contributed by atoms with van der Waals surface area (Å²) in [4.78, 5) is 38.1. The maximum Gasteiger partial charge on any atom is 0.417 e. The zero-order chi connectivity index (χ0) is 21.9. The van der Waals surface area contributed by atoms with Crippen LogP contribution in [0.5, 0.6) is 5.75 Å². The zero-order valence-electron chi connectivity index (χ0n) is 15.9. The maximum atomic E-state index is 12.8. The van der Waals surface area contributed by atoms with E-state index in [2.05, 4.69) is 5.32 Å². The van der Waals surface area contributed by atoms with Crippen LogP contribution in [0, 0.1) is 5.92 Å². The Morgan fingerprint density at radius 1 is 1.10 bits per heavy atom. The van der Waals surface area contributed by atoms with Gasteiger partial charge in [-0.3, -0.25) is 14.4 Å². The number of pyridine rings is 1. The molecule has 2 aromatic rings. The molecule has 1 aromatic heterocycles. The number of halogens is 3. The molecule has 2 amide bonds. The van der Waals surface area contributed by atoms with E-state index in [-0.39, 0.29) is 30.7 Å². The van der Waals surface area contributed by atoms with Crippen LogP contribution in [0.25, 0.3) is 0 Å². The third-order valence-electron chi connectivity index (χ3n) is 5.00. The van der Waals surface area contributed by atoms with Gasteiger partial charge >= 0.3 is 6.18 Å². The number of nitrogens with zero attached hydrogens (tertiary/aromatic N) is 2. The second kappa shape index (κ2) is 8.60. The van der Waals surface area contributed by atoms with Crippen molar-refractivity contribution >= 4 is 17.5 Å². The summed E-state index contributed by atoms with van der Waals surface area (Å²) in [7, 11) is 0. The van der Waals surface area contributed by atoms with Gasteiger partial charge in [-0.15, -0.1) is 0 Å². The number of hydrogen-bond acceptors (Lipinski definition) is 4. The number of alkyl halides is 3. The van der Waals surface area contributed by atoms with E-state index in [0.29, 0.717) is 30.8 Å². The largest absolute Gasteiger partial charge is 0.506 e. The molecule has 2 N–H and O–H groups in total. The molecule has 0 saturated carbocycles. The number of piperidine rings is 1. The van der Waals surface area contributed by atoms with Crippen molar-refractivity contribution in [2.45, 2.75) is 25.6 Å². The van der Waals surface area contributed by atoms with Crippen molar-refractivity contribution in [1.82, 2.24) is 9.47 Å². The van der Waals surface area contributed by atoms with Gasteiger partial charge in [-0.2, -0.15) is 13.2 Å². The minimum atomic E-state index is -4.61. The van der Waals surface area contributed by atoms with Crippen LogP contribution in [-0.2, 0) is 22.3 Å². The van der Waals surface area contributed by atoms with Crippen molar-refractivity contribution in [3.05, 3.63) is 58.5 Å². The highest BCUT2D eigenvalue weighted by atomic mass is 19.4. The Morgan fingerprint density at radius 3 is 2.40 bits per heavy atom. The quantitative estimate of drug-likeness (QED) is 0.739. The summed E-state index contributed by atoms with van der Waals surface area (Å²) in [5.41, 5.74) is -1.41. The Bertz CT molecular complexity index is 995. The van der Waals surface area contributed by atoms with Crippen molar-refractivity contribution in [3.8, 4) is 5.75 Å². The normalized spacial score (nSPS) is 15.1. The van der Waals surface area contributed by atoms with E-state index in [4.69, 9.17) is 0 Å². The van der Waals surface area contributed by atoms with Crippen LogP contribution in [0.15, 0.2) is 47.4 Å². The molecule has 2 heterocycles. The van der Waals surface area contributed by atoms with Gasteiger partial charge in [-0.25, -0.2) is 0 Å². The minimum Gasteiger partial charge on any atom is -0.506 e. The number of rotatable bonds is 4. The lowest BCUT2D eigenvalue weighted by Gasteiger charge is -2.31. The smallest absolute Gasteiger partial charge is 0.417 e. The molecule has 0 spiro atoms. The number of aromatic nitrogens is 1. The summed E-state index contributed by atoms with van der Waals surface area (Å²) in [5.74, 6) is -1.19. The molecule has 160 valence electrons. The highest BCUT2D eigenvalue weighted by Crippen LogP contribution is 2.28. The maximum absolute atomic E-state index is 12.8. The Hall–Kier alpha value is -3.30. The average molecular weight is 423 g/mol. The van der Waals surface area contributed by atoms with Gasteiger partial charge in [0.2, 0.25) is 11.8 Å². The van der Waals surface area contributed by atoms with Crippen LogP contribution < -0.4 is 10.9 Å². The lowest BCUT2D eigenvalue weighted by Crippen LogP contribution is -2.43. The van der Waals surface area contributed by atoms with E-state index in [9.17, 15) is 32.7 Å². The second-order valence-corrected chi connectivity index (χ2v) is 7.04. The van der Waals surface area contributed by atoms with Gasteiger partial charge in [-0.05, 0) is 31.0 Å². The molecule has 1 aliphatic rings. The van der Waals surface area contributed by atoms with Gasteiger partial charge in [0, 0.05) is 31.3 Å². The number of likely N-dealkylation sites (tertiary alicyclic amines) is 1. The fourth-order valence-corrected chi connectivity index (χ4v) is 3.27. The first-order valence-corrected chi connectivity index (χ1v) is 9.29. The van der Waals surface area contributed by atoms with Crippen LogP contribution in [0.3, 0.4) is 0 Å². The molecule has 3 rings (SSSR count). The fraction of sp³-hybridized carbons (Fsp3) is 0.350. The van der Waals surface area contributed by atoms with Gasteiger partial charge in [-0.1, -0.05) is 12.1 Å². The molecule has 10 heteroatoms. The topological polar surface area (TPSA) is 91.6 Å². The lowest BCUT2D eigenvalue weighted by atomic mass is 9.95. The fourth-order valence-electron chi connectivity index (χ4n) is 3.27. The number of hydrogen-bond donors (Lipinski definition) is 2. The summed E-state index contributed by atoms with van der Waals surface area (Å²) in [5, 5.41) is 12.4. The Balaban J connectivity index is 1.57. The predicted molar refractivity (Wildman–Crippen MR) is 102 cm³/mol. The minimum absolute atomic E-state index is 0.0509. The number of nitrogens with one attached hydrogen (secondary N) is 1. The molecule has 1 saturated heterocycles. The second-order valence-electron chi connectivity index (χ2n) is 7.04. The number of benzene rings is 1.